The molecule has 5 nitrogen and oxygen atoms in total. The van der Waals surface area contributed by atoms with Gasteiger partial charge in [-0.15, -0.1) is 0 Å². The van der Waals surface area contributed by atoms with Crippen LogP contribution in [0.2, 0.25) is 0 Å². The Morgan fingerprint density at radius 3 is 2.60 bits per heavy atom. The Morgan fingerprint density at radius 1 is 1.15 bits per heavy atom. The Kier molecular flexibility index (Phi) is 2.95. The summed E-state index contributed by atoms with van der Waals surface area (Å²) in [6.07, 6.45) is 1.55. The Balaban J connectivity index is 2.00. The highest BCUT2D eigenvalue weighted by atomic mass is 16.4. The van der Waals surface area contributed by atoms with Gasteiger partial charge < -0.3 is 10.0 Å². The van der Waals surface area contributed by atoms with Gasteiger partial charge in [0.25, 0.3) is 5.91 Å². The number of nitrogens with zero attached hydrogens (tertiary/aromatic N) is 2. The maximum Gasteiger partial charge on any atom is 0.312 e. The van der Waals surface area contributed by atoms with Crippen LogP contribution < -0.4 is 4.90 Å². The van der Waals surface area contributed by atoms with E-state index in [4.69, 9.17) is 0 Å². The van der Waals surface area contributed by atoms with E-state index in [9.17, 15) is 14.7 Å². The molecule has 0 fully saturated rings. The lowest BCUT2D eigenvalue weighted by Crippen LogP contribution is -2.31. The average molecular weight is 268 g/mol. The highest BCUT2D eigenvalue weighted by Gasteiger charge is 2.36. The summed E-state index contributed by atoms with van der Waals surface area (Å²) in [5.41, 5.74) is 1.63. The van der Waals surface area contributed by atoms with Gasteiger partial charge in [-0.3, -0.25) is 14.6 Å². The van der Waals surface area contributed by atoms with Crippen LogP contribution in [0, 0.1) is 0 Å². The molecule has 2 heterocycles. The fraction of sp³-hybridized carbons (Fsp3) is 0.133. The summed E-state index contributed by atoms with van der Waals surface area (Å²) in [6.45, 7) is 0.143. The number of carboxylic acid groups (broad SMARTS) is 1. The van der Waals surface area contributed by atoms with E-state index >= 15 is 0 Å². The number of para-hydroxylation sites is 1. The minimum Gasteiger partial charge on any atom is -0.481 e. The van der Waals surface area contributed by atoms with Crippen molar-refractivity contribution in [2.24, 2.45) is 0 Å². The number of benzene rings is 1. The smallest absolute Gasteiger partial charge is 0.312 e. The van der Waals surface area contributed by atoms with Crippen LogP contribution in [0.4, 0.5) is 5.69 Å². The van der Waals surface area contributed by atoms with Crippen molar-refractivity contribution in [1.82, 2.24) is 4.98 Å². The zero-order valence-corrected chi connectivity index (χ0v) is 10.6. The average Bonchev–Trinajstić information content (AvgIpc) is 2.87. The van der Waals surface area contributed by atoms with E-state index in [1.807, 2.05) is 0 Å². The number of pyridine rings is 1. The highest BCUT2D eigenvalue weighted by molar-refractivity contribution is 6.07. The van der Waals surface area contributed by atoms with Gasteiger partial charge in [0.2, 0.25) is 0 Å². The lowest BCUT2D eigenvalue weighted by molar-refractivity contribution is -0.138. The first-order chi connectivity index (χ1) is 9.68. The molecule has 20 heavy (non-hydrogen) atoms. The molecule has 2 aromatic rings. The van der Waals surface area contributed by atoms with Gasteiger partial charge in [0, 0.05) is 18.4 Å². The van der Waals surface area contributed by atoms with E-state index in [1.165, 1.54) is 4.90 Å². The predicted molar refractivity (Wildman–Crippen MR) is 72.7 cm³/mol. The number of aromatic nitrogens is 1. The Hall–Kier alpha value is -2.69. The molecule has 1 aliphatic rings. The number of anilines is 1. The van der Waals surface area contributed by atoms with E-state index in [0.29, 0.717) is 16.9 Å². The standard InChI is InChI=1S/C15H12N2O3/c18-14(12-6-3-4-8-16-12)17-9-11(15(19)20)10-5-1-2-7-13(10)17/h1-8,11H,9H2,(H,19,20). The van der Waals surface area contributed by atoms with Gasteiger partial charge in [-0.1, -0.05) is 24.3 Å². The minimum atomic E-state index is -0.922. The number of amides is 1. The molecule has 1 amide bonds. The quantitative estimate of drug-likeness (QED) is 0.903. The van der Waals surface area contributed by atoms with Crippen molar-refractivity contribution in [3.05, 3.63) is 59.9 Å². The number of aliphatic carboxylic acids is 1. The molecule has 100 valence electrons. The van der Waals surface area contributed by atoms with Gasteiger partial charge >= 0.3 is 5.97 Å². The number of rotatable bonds is 2. The van der Waals surface area contributed by atoms with E-state index in [-0.39, 0.29) is 12.5 Å². The minimum absolute atomic E-state index is 0.143. The molecular weight excluding hydrogens is 256 g/mol. The Morgan fingerprint density at radius 2 is 1.90 bits per heavy atom. The molecule has 0 radical (unpaired) electrons. The van der Waals surface area contributed by atoms with Crippen LogP contribution in [-0.4, -0.2) is 28.5 Å². The van der Waals surface area contributed by atoms with Crippen LogP contribution in [0.25, 0.3) is 0 Å². The number of carboxylic acids is 1. The number of fused-ring (bicyclic) bond motifs is 1. The van der Waals surface area contributed by atoms with Gasteiger partial charge in [0.05, 0.1) is 0 Å². The fourth-order valence-corrected chi connectivity index (χ4v) is 2.44. The second-order valence-corrected chi connectivity index (χ2v) is 4.58. The maximum atomic E-state index is 12.4. The van der Waals surface area contributed by atoms with Crippen molar-refractivity contribution in [1.29, 1.82) is 0 Å². The molecular formula is C15H12N2O3. The maximum absolute atomic E-state index is 12.4. The number of carbonyl (C=O) groups is 2. The molecule has 3 rings (SSSR count). The molecule has 0 spiro atoms. The van der Waals surface area contributed by atoms with Gasteiger partial charge in [-0.05, 0) is 23.8 Å². The molecule has 1 aliphatic heterocycles. The zero-order chi connectivity index (χ0) is 14.1. The first-order valence-electron chi connectivity index (χ1n) is 6.23. The Labute approximate surface area is 115 Å². The second kappa shape index (κ2) is 4.77. The molecule has 1 atom stereocenters. The van der Waals surface area contributed by atoms with E-state index in [0.717, 1.165) is 0 Å². The summed E-state index contributed by atoms with van der Waals surface area (Å²) in [4.78, 5) is 29.3. The third kappa shape index (κ3) is 1.93. The van der Waals surface area contributed by atoms with Crippen molar-refractivity contribution in [2.45, 2.75) is 5.92 Å². The summed E-state index contributed by atoms with van der Waals surface area (Å²) in [7, 11) is 0. The number of carbonyl (C=O) groups excluding carboxylic acids is 1. The van der Waals surface area contributed by atoms with Crippen LogP contribution >= 0.6 is 0 Å². The summed E-state index contributed by atoms with van der Waals surface area (Å²) in [5, 5.41) is 9.28. The molecule has 1 aromatic carbocycles. The topological polar surface area (TPSA) is 70.5 Å². The largest absolute Gasteiger partial charge is 0.481 e. The van der Waals surface area contributed by atoms with Gasteiger partial charge in [0.1, 0.15) is 11.6 Å². The van der Waals surface area contributed by atoms with Crippen LogP contribution in [-0.2, 0) is 4.79 Å². The van der Waals surface area contributed by atoms with Gasteiger partial charge in [-0.2, -0.15) is 0 Å². The van der Waals surface area contributed by atoms with Crippen LogP contribution in [0.15, 0.2) is 48.7 Å². The van der Waals surface area contributed by atoms with Crippen molar-refractivity contribution in [3.8, 4) is 0 Å². The Bertz CT molecular complexity index is 670. The third-order valence-corrected chi connectivity index (χ3v) is 3.40. The monoisotopic (exact) mass is 268 g/mol. The first-order valence-corrected chi connectivity index (χ1v) is 6.23. The molecule has 5 heteroatoms. The molecule has 1 N–H and O–H groups in total. The summed E-state index contributed by atoms with van der Waals surface area (Å²) < 4.78 is 0. The molecule has 0 saturated carbocycles. The van der Waals surface area contributed by atoms with E-state index in [2.05, 4.69) is 4.98 Å². The predicted octanol–water partition coefficient (Wildman–Crippen LogP) is 1.91. The third-order valence-electron chi connectivity index (χ3n) is 3.40. The van der Waals surface area contributed by atoms with E-state index < -0.39 is 11.9 Å². The summed E-state index contributed by atoms with van der Waals surface area (Å²) >= 11 is 0. The number of hydrogen-bond donors (Lipinski definition) is 1. The van der Waals surface area contributed by atoms with Gasteiger partial charge in [0.15, 0.2) is 0 Å². The molecule has 0 saturated heterocycles. The van der Waals surface area contributed by atoms with Crippen molar-refractivity contribution in [3.63, 3.8) is 0 Å². The molecule has 1 aromatic heterocycles. The first kappa shape index (κ1) is 12.3. The normalized spacial score (nSPS) is 16.8. The van der Waals surface area contributed by atoms with Gasteiger partial charge in [-0.25, -0.2) is 0 Å². The SMILES string of the molecule is O=C(O)C1CN(C(=O)c2ccccn2)c2ccccc21. The summed E-state index contributed by atoms with van der Waals surface area (Å²) in [5.74, 6) is -1.88. The van der Waals surface area contributed by atoms with Crippen molar-refractivity contribution in [2.75, 3.05) is 11.4 Å². The zero-order valence-electron chi connectivity index (χ0n) is 10.6. The van der Waals surface area contributed by atoms with Crippen molar-refractivity contribution < 1.29 is 14.7 Å². The number of hydrogen-bond acceptors (Lipinski definition) is 3. The van der Waals surface area contributed by atoms with Crippen LogP contribution in [0.1, 0.15) is 22.0 Å². The molecule has 1 unspecified atom stereocenters. The van der Waals surface area contributed by atoms with Crippen LogP contribution in [0.5, 0.6) is 0 Å². The fourth-order valence-electron chi connectivity index (χ4n) is 2.44. The highest BCUT2D eigenvalue weighted by Crippen LogP contribution is 2.36. The summed E-state index contributed by atoms with van der Waals surface area (Å²) in [6, 6.07) is 12.2. The molecule has 0 aliphatic carbocycles. The van der Waals surface area contributed by atoms with Crippen LogP contribution in [0.3, 0.4) is 0 Å². The lowest BCUT2D eigenvalue weighted by Gasteiger charge is -2.16. The second-order valence-electron chi connectivity index (χ2n) is 4.58. The van der Waals surface area contributed by atoms with E-state index in [1.54, 1.807) is 48.7 Å². The lowest BCUT2D eigenvalue weighted by atomic mass is 10.0. The molecule has 0 bridgehead atoms. The van der Waals surface area contributed by atoms with Crippen molar-refractivity contribution >= 4 is 17.6 Å².